The first-order valence-corrected chi connectivity index (χ1v) is 28.5. The van der Waals surface area contributed by atoms with Gasteiger partial charge in [-0.1, -0.05) is 242 Å². The van der Waals surface area contributed by atoms with Crippen LogP contribution in [0.15, 0.2) is 158 Å². The van der Waals surface area contributed by atoms with E-state index in [1.807, 2.05) is 0 Å². The number of hydrogen-bond acceptors (Lipinski definition) is 5. The summed E-state index contributed by atoms with van der Waals surface area (Å²) < 4.78 is 10.7. The molecule has 0 heterocycles. The molecule has 5 nitrogen and oxygen atoms in total. The SMILES string of the molecule is CC/C=C\C/C=C\C/C=C\C/C=C\C/C=C\C/C=C\C/C=C\C/C=C\C/C=C\C/C=C\C/C=C\CCCCCCCC(=O)OC(CO)COC(=O)CCCCCCCCC/C=C\C/C=C\CCCCCC. The van der Waals surface area contributed by atoms with Gasteiger partial charge in [-0.2, -0.15) is 0 Å². The van der Waals surface area contributed by atoms with Gasteiger partial charge < -0.3 is 14.6 Å². The van der Waals surface area contributed by atoms with Gasteiger partial charge in [-0.3, -0.25) is 9.59 Å². The van der Waals surface area contributed by atoms with Crippen molar-refractivity contribution in [3.8, 4) is 0 Å². The fourth-order valence-corrected chi connectivity index (χ4v) is 7.29. The number of carbonyl (C=O) groups is 2. The Kier molecular flexibility index (Phi) is 56.1. The number of rotatable bonds is 50. The van der Waals surface area contributed by atoms with Crippen molar-refractivity contribution >= 4 is 11.9 Å². The lowest BCUT2D eigenvalue weighted by Gasteiger charge is -2.15. The van der Waals surface area contributed by atoms with E-state index in [-0.39, 0.29) is 25.2 Å². The first-order chi connectivity index (χ1) is 35.1. The zero-order valence-corrected chi connectivity index (χ0v) is 45.4. The van der Waals surface area contributed by atoms with Crippen molar-refractivity contribution < 1.29 is 24.2 Å². The van der Waals surface area contributed by atoms with Gasteiger partial charge in [-0.25, -0.2) is 0 Å². The van der Waals surface area contributed by atoms with Crippen LogP contribution in [-0.2, 0) is 19.1 Å². The van der Waals surface area contributed by atoms with Crippen molar-refractivity contribution in [3.63, 3.8) is 0 Å². The predicted molar refractivity (Wildman–Crippen MR) is 310 cm³/mol. The van der Waals surface area contributed by atoms with Gasteiger partial charge >= 0.3 is 11.9 Å². The molecule has 0 bridgehead atoms. The minimum atomic E-state index is -0.798. The Morgan fingerprint density at radius 2 is 0.606 bits per heavy atom. The van der Waals surface area contributed by atoms with Crippen LogP contribution in [0.5, 0.6) is 0 Å². The van der Waals surface area contributed by atoms with Crippen LogP contribution in [0.3, 0.4) is 0 Å². The summed E-state index contributed by atoms with van der Waals surface area (Å²) >= 11 is 0. The summed E-state index contributed by atoms with van der Waals surface area (Å²) in [5, 5.41) is 9.64. The standard InChI is InChI=1S/C66H104O5/c1-3-5-7-9-11-13-15-17-19-21-23-24-25-26-27-28-29-30-31-32-33-34-35-36-37-38-39-40-41-42-43-45-47-49-51-53-55-57-59-61-66(69)71-64(62-67)63-70-65(68)60-58-56-54-52-50-48-46-44-22-20-18-16-14-12-10-8-6-4-2/h5,7,11,13-14,16-17,19-20,22-24,26-27,29-30,32-33,35-36,38-39,41-42,45,47,64,67H,3-4,6,8-10,12,15,18,21,25,28,31,34,37,40,43-44,46,48-63H2,1-2H3/b7-5-,13-11-,16-14-,19-17-,22-20-,24-23-,27-26-,30-29-,33-32-,36-35-,39-38-,42-41-,47-45-. The molecule has 0 amide bonds. The quantitative estimate of drug-likeness (QED) is 0.0374. The van der Waals surface area contributed by atoms with Crippen LogP contribution in [0.1, 0.15) is 226 Å². The highest BCUT2D eigenvalue weighted by Gasteiger charge is 2.16. The second-order valence-electron chi connectivity index (χ2n) is 18.3. The highest BCUT2D eigenvalue weighted by atomic mass is 16.6. The van der Waals surface area contributed by atoms with Gasteiger partial charge in [-0.15, -0.1) is 0 Å². The minimum Gasteiger partial charge on any atom is -0.462 e. The molecule has 0 saturated carbocycles. The molecule has 0 radical (unpaired) electrons. The van der Waals surface area contributed by atoms with Crippen LogP contribution >= 0.6 is 0 Å². The van der Waals surface area contributed by atoms with Gasteiger partial charge in [0, 0.05) is 12.8 Å². The third-order valence-corrected chi connectivity index (χ3v) is 11.6. The highest BCUT2D eigenvalue weighted by molar-refractivity contribution is 5.70. The molecule has 0 fully saturated rings. The molecule has 0 spiro atoms. The lowest BCUT2D eigenvalue weighted by Crippen LogP contribution is -2.28. The van der Waals surface area contributed by atoms with Gasteiger partial charge in [0.15, 0.2) is 6.10 Å². The van der Waals surface area contributed by atoms with Crippen LogP contribution in [0.4, 0.5) is 0 Å². The fourth-order valence-electron chi connectivity index (χ4n) is 7.29. The Morgan fingerprint density at radius 3 is 0.915 bits per heavy atom. The van der Waals surface area contributed by atoms with E-state index >= 15 is 0 Å². The molecule has 0 aromatic rings. The molecule has 0 saturated heterocycles. The molecule has 1 unspecified atom stereocenters. The largest absolute Gasteiger partial charge is 0.462 e. The first-order valence-electron chi connectivity index (χ1n) is 28.5. The summed E-state index contributed by atoms with van der Waals surface area (Å²) in [6, 6.07) is 0. The Hall–Kier alpha value is -4.48. The number of aliphatic hydroxyl groups is 1. The van der Waals surface area contributed by atoms with Gasteiger partial charge in [0.2, 0.25) is 0 Å². The monoisotopic (exact) mass is 977 g/mol. The third kappa shape index (κ3) is 58.0. The Labute approximate surface area is 437 Å². The fraction of sp³-hybridized carbons (Fsp3) is 0.576. The topological polar surface area (TPSA) is 72.8 Å². The molecule has 0 aromatic carbocycles. The highest BCUT2D eigenvalue weighted by Crippen LogP contribution is 2.13. The number of esters is 2. The zero-order valence-electron chi connectivity index (χ0n) is 45.4. The number of unbranched alkanes of at least 4 members (excludes halogenated alkanes) is 16. The number of carbonyl (C=O) groups excluding carboxylic acids is 2. The van der Waals surface area contributed by atoms with Crippen LogP contribution < -0.4 is 0 Å². The Bertz CT molecular complexity index is 1570. The molecule has 0 aliphatic carbocycles. The summed E-state index contributed by atoms with van der Waals surface area (Å²) in [5.41, 5.74) is 0. The average molecular weight is 978 g/mol. The van der Waals surface area contributed by atoms with Gasteiger partial charge in [0.25, 0.3) is 0 Å². The van der Waals surface area contributed by atoms with Crippen molar-refractivity contribution in [2.75, 3.05) is 13.2 Å². The molecular weight excluding hydrogens is 873 g/mol. The van der Waals surface area contributed by atoms with E-state index in [0.29, 0.717) is 12.8 Å². The molecule has 0 aromatic heterocycles. The van der Waals surface area contributed by atoms with E-state index in [9.17, 15) is 14.7 Å². The zero-order chi connectivity index (χ0) is 51.3. The lowest BCUT2D eigenvalue weighted by molar-refractivity contribution is -0.161. The number of allylic oxidation sites excluding steroid dienone is 26. The average Bonchev–Trinajstić information content (AvgIpc) is 3.37. The first kappa shape index (κ1) is 66.5. The molecular formula is C66H104O5. The lowest BCUT2D eigenvalue weighted by atomic mass is 10.1. The van der Waals surface area contributed by atoms with Crippen LogP contribution in [-0.4, -0.2) is 36.4 Å². The second-order valence-corrected chi connectivity index (χ2v) is 18.3. The third-order valence-electron chi connectivity index (χ3n) is 11.6. The van der Waals surface area contributed by atoms with Gasteiger partial charge in [0.05, 0.1) is 6.61 Å². The van der Waals surface area contributed by atoms with E-state index in [1.54, 1.807) is 0 Å². The molecule has 71 heavy (non-hydrogen) atoms. The maximum Gasteiger partial charge on any atom is 0.306 e. The van der Waals surface area contributed by atoms with Gasteiger partial charge in [-0.05, 0) is 128 Å². The summed E-state index contributed by atoms with van der Waals surface area (Å²) in [4.78, 5) is 24.5. The van der Waals surface area contributed by atoms with Crippen LogP contribution in [0.2, 0.25) is 0 Å². The smallest absolute Gasteiger partial charge is 0.306 e. The molecule has 1 atom stereocenters. The summed E-state index contributed by atoms with van der Waals surface area (Å²) in [7, 11) is 0. The second kappa shape index (κ2) is 59.8. The van der Waals surface area contributed by atoms with E-state index in [1.165, 1.54) is 57.8 Å². The van der Waals surface area contributed by atoms with Gasteiger partial charge in [0.1, 0.15) is 6.61 Å². The van der Waals surface area contributed by atoms with E-state index in [0.717, 1.165) is 141 Å². The molecule has 1 N–H and O–H groups in total. The van der Waals surface area contributed by atoms with Crippen molar-refractivity contribution in [3.05, 3.63) is 158 Å². The maximum absolute atomic E-state index is 12.3. The van der Waals surface area contributed by atoms with Crippen LogP contribution in [0, 0.1) is 0 Å². The molecule has 0 rings (SSSR count). The van der Waals surface area contributed by atoms with Crippen molar-refractivity contribution in [1.29, 1.82) is 0 Å². The molecule has 5 heteroatoms. The molecule has 0 aliphatic rings. The maximum atomic E-state index is 12.3. The van der Waals surface area contributed by atoms with E-state index < -0.39 is 6.10 Å². The Balaban J connectivity index is 3.67. The van der Waals surface area contributed by atoms with E-state index in [4.69, 9.17) is 9.47 Å². The Morgan fingerprint density at radius 1 is 0.338 bits per heavy atom. The normalized spacial score (nSPS) is 13.5. The van der Waals surface area contributed by atoms with Crippen molar-refractivity contribution in [2.24, 2.45) is 0 Å². The number of hydrogen-bond donors (Lipinski definition) is 1. The molecule has 0 aliphatic heterocycles. The number of ether oxygens (including phenoxy) is 2. The van der Waals surface area contributed by atoms with Crippen molar-refractivity contribution in [1.82, 2.24) is 0 Å². The summed E-state index contributed by atoms with van der Waals surface area (Å²) in [5.74, 6) is -0.632. The van der Waals surface area contributed by atoms with Crippen LogP contribution in [0.25, 0.3) is 0 Å². The van der Waals surface area contributed by atoms with E-state index in [2.05, 4.69) is 172 Å². The number of aliphatic hydroxyl groups excluding tert-OH is 1. The summed E-state index contributed by atoms with van der Waals surface area (Å²) in [6.45, 7) is 3.98. The molecule has 398 valence electrons. The minimum absolute atomic E-state index is 0.0875. The summed E-state index contributed by atoms with van der Waals surface area (Å²) in [6.07, 6.45) is 92.0. The predicted octanol–water partition coefficient (Wildman–Crippen LogP) is 19.6. The van der Waals surface area contributed by atoms with Crippen molar-refractivity contribution in [2.45, 2.75) is 232 Å².